The fourth-order valence-electron chi connectivity index (χ4n) is 8.65. The molecule has 4 nitrogen and oxygen atoms in total. The minimum Gasteiger partial charge on any atom is -0.394 e. The first-order chi connectivity index (χ1) is 28.7. The molecule has 0 spiro atoms. The van der Waals surface area contributed by atoms with Gasteiger partial charge in [-0.05, 0) is 38.5 Å². The van der Waals surface area contributed by atoms with E-state index >= 15 is 0 Å². The van der Waals surface area contributed by atoms with Crippen molar-refractivity contribution in [3.05, 3.63) is 12.2 Å². The van der Waals surface area contributed by atoms with Crippen LogP contribution in [0.2, 0.25) is 0 Å². The lowest BCUT2D eigenvalue weighted by Crippen LogP contribution is -2.45. The molecule has 0 radical (unpaired) electrons. The first kappa shape index (κ1) is 57.1. The molecule has 0 bridgehead atoms. The molecule has 0 rings (SSSR count). The molecular formula is C54H107NO3. The van der Waals surface area contributed by atoms with Gasteiger partial charge in [0.1, 0.15) is 0 Å². The van der Waals surface area contributed by atoms with Gasteiger partial charge in [0.2, 0.25) is 5.91 Å². The first-order valence-corrected chi connectivity index (χ1v) is 26.9. The lowest BCUT2D eigenvalue weighted by atomic mass is 10.0. The van der Waals surface area contributed by atoms with Crippen LogP contribution in [0.15, 0.2) is 12.2 Å². The maximum atomic E-state index is 12.4. The summed E-state index contributed by atoms with van der Waals surface area (Å²) in [7, 11) is 0. The Morgan fingerprint density at radius 2 is 0.655 bits per heavy atom. The number of unbranched alkanes of at least 4 members (excludes halogenated alkanes) is 41. The number of rotatable bonds is 50. The molecule has 2 unspecified atom stereocenters. The maximum Gasteiger partial charge on any atom is 0.220 e. The highest BCUT2D eigenvalue weighted by Gasteiger charge is 2.20. The Morgan fingerprint density at radius 3 is 0.948 bits per heavy atom. The Balaban J connectivity index is 3.38. The lowest BCUT2D eigenvalue weighted by molar-refractivity contribution is -0.123. The summed E-state index contributed by atoms with van der Waals surface area (Å²) in [6, 6.07) is -0.538. The Morgan fingerprint density at radius 1 is 0.397 bits per heavy atom. The molecule has 0 aliphatic carbocycles. The first-order valence-electron chi connectivity index (χ1n) is 26.9. The number of allylic oxidation sites excluding steroid dienone is 2. The average Bonchev–Trinajstić information content (AvgIpc) is 3.23. The second-order valence-electron chi connectivity index (χ2n) is 18.7. The monoisotopic (exact) mass is 818 g/mol. The van der Waals surface area contributed by atoms with E-state index in [0.29, 0.717) is 12.8 Å². The zero-order valence-electron chi connectivity index (χ0n) is 39.8. The highest BCUT2D eigenvalue weighted by atomic mass is 16.3. The molecule has 346 valence electrons. The van der Waals surface area contributed by atoms with E-state index in [0.717, 1.165) is 25.7 Å². The number of carbonyl (C=O) groups excluding carboxylic acids is 1. The van der Waals surface area contributed by atoms with E-state index < -0.39 is 12.1 Å². The Hall–Kier alpha value is -0.870. The molecular weight excluding hydrogens is 711 g/mol. The van der Waals surface area contributed by atoms with E-state index in [2.05, 4.69) is 31.3 Å². The number of aliphatic hydroxyl groups excluding tert-OH is 2. The summed E-state index contributed by atoms with van der Waals surface area (Å²) >= 11 is 0. The van der Waals surface area contributed by atoms with Crippen LogP contribution in [0.4, 0.5) is 0 Å². The number of amides is 1. The largest absolute Gasteiger partial charge is 0.394 e. The van der Waals surface area contributed by atoms with Gasteiger partial charge in [-0.3, -0.25) is 4.79 Å². The summed E-state index contributed by atoms with van der Waals surface area (Å²) in [6.07, 6.45) is 64.9. The molecule has 0 saturated heterocycles. The van der Waals surface area contributed by atoms with Crippen molar-refractivity contribution in [3.63, 3.8) is 0 Å². The van der Waals surface area contributed by atoms with Crippen molar-refractivity contribution < 1.29 is 15.0 Å². The fourth-order valence-corrected chi connectivity index (χ4v) is 8.65. The van der Waals surface area contributed by atoms with E-state index in [1.807, 2.05) is 0 Å². The molecule has 1 amide bonds. The van der Waals surface area contributed by atoms with E-state index in [4.69, 9.17) is 0 Å². The predicted molar refractivity (Wildman–Crippen MR) is 258 cm³/mol. The summed E-state index contributed by atoms with van der Waals surface area (Å²) < 4.78 is 0. The normalized spacial score (nSPS) is 12.8. The molecule has 3 N–H and O–H groups in total. The van der Waals surface area contributed by atoms with Crippen molar-refractivity contribution in [2.75, 3.05) is 6.61 Å². The van der Waals surface area contributed by atoms with Crippen LogP contribution < -0.4 is 5.32 Å². The zero-order valence-corrected chi connectivity index (χ0v) is 39.8. The minimum absolute atomic E-state index is 0.0361. The van der Waals surface area contributed by atoms with Gasteiger partial charge in [0.25, 0.3) is 0 Å². The number of nitrogens with one attached hydrogen (secondary N) is 1. The Labute approximate surface area is 365 Å². The predicted octanol–water partition coefficient (Wildman–Crippen LogP) is 17.4. The van der Waals surface area contributed by atoms with Gasteiger partial charge in [-0.1, -0.05) is 276 Å². The lowest BCUT2D eigenvalue weighted by Gasteiger charge is -2.22. The molecule has 0 aromatic heterocycles. The van der Waals surface area contributed by atoms with Crippen molar-refractivity contribution in [2.45, 2.75) is 321 Å². The number of hydrogen-bond donors (Lipinski definition) is 3. The third-order valence-corrected chi connectivity index (χ3v) is 12.8. The molecule has 58 heavy (non-hydrogen) atoms. The molecule has 4 heteroatoms. The molecule has 0 aromatic rings. The van der Waals surface area contributed by atoms with Crippen molar-refractivity contribution in [2.24, 2.45) is 0 Å². The fraction of sp³-hybridized carbons (Fsp3) is 0.944. The van der Waals surface area contributed by atoms with Crippen molar-refractivity contribution in [3.8, 4) is 0 Å². The highest BCUT2D eigenvalue weighted by molar-refractivity contribution is 5.76. The highest BCUT2D eigenvalue weighted by Crippen LogP contribution is 2.18. The number of carbonyl (C=O) groups is 1. The quantitative estimate of drug-likeness (QED) is 0.0423. The van der Waals surface area contributed by atoms with E-state index in [9.17, 15) is 15.0 Å². The molecule has 0 fully saturated rings. The minimum atomic E-state index is -0.660. The van der Waals surface area contributed by atoms with Gasteiger partial charge in [-0.2, -0.15) is 0 Å². The number of aliphatic hydroxyl groups is 2. The third kappa shape index (κ3) is 46.2. The van der Waals surface area contributed by atoms with Gasteiger partial charge in [0.15, 0.2) is 0 Å². The summed E-state index contributed by atoms with van der Waals surface area (Å²) in [5.41, 5.74) is 0. The topological polar surface area (TPSA) is 69.6 Å². The summed E-state index contributed by atoms with van der Waals surface area (Å²) in [5, 5.41) is 23.3. The van der Waals surface area contributed by atoms with Crippen LogP contribution in [0.5, 0.6) is 0 Å². The standard InChI is InChI=1S/C54H107NO3/c1-3-5-7-9-11-13-15-17-19-20-21-22-23-24-25-26-27-28-29-30-31-32-33-34-35-36-37-39-41-43-45-47-49-53(57)52(51-56)55-54(58)50-48-46-44-42-40-38-18-16-14-12-10-8-6-4-2/h16,18,52-53,56-57H,3-15,17,19-51H2,1-2H3,(H,55,58)/b18-16-. The van der Waals surface area contributed by atoms with Crippen LogP contribution in [0.1, 0.15) is 309 Å². The van der Waals surface area contributed by atoms with Crippen LogP contribution in [0, 0.1) is 0 Å². The van der Waals surface area contributed by atoms with Gasteiger partial charge in [-0.25, -0.2) is 0 Å². The van der Waals surface area contributed by atoms with Crippen LogP contribution in [-0.4, -0.2) is 34.9 Å². The molecule has 2 atom stereocenters. The summed E-state index contributed by atoms with van der Waals surface area (Å²) in [5.74, 6) is -0.0361. The SMILES string of the molecule is CCCCCCC/C=C\CCCCCCCC(=O)NC(CO)C(O)CCCCCCCCCCCCCCCCCCCCCCCCCCCCCCCCCC. The van der Waals surface area contributed by atoms with Gasteiger partial charge in [0.05, 0.1) is 18.8 Å². The smallest absolute Gasteiger partial charge is 0.220 e. The average molecular weight is 818 g/mol. The van der Waals surface area contributed by atoms with Crippen molar-refractivity contribution in [1.82, 2.24) is 5.32 Å². The molecule has 0 saturated carbocycles. The van der Waals surface area contributed by atoms with Crippen LogP contribution >= 0.6 is 0 Å². The Bertz CT molecular complexity index is 799. The number of hydrogen-bond acceptors (Lipinski definition) is 3. The van der Waals surface area contributed by atoms with E-state index in [1.54, 1.807) is 0 Å². The second kappa shape index (κ2) is 50.5. The van der Waals surface area contributed by atoms with Gasteiger partial charge < -0.3 is 15.5 Å². The molecule has 0 heterocycles. The summed E-state index contributed by atoms with van der Waals surface area (Å²) in [6.45, 7) is 4.37. The second-order valence-corrected chi connectivity index (χ2v) is 18.7. The van der Waals surface area contributed by atoms with E-state index in [-0.39, 0.29) is 12.5 Å². The molecule has 0 aliphatic rings. The van der Waals surface area contributed by atoms with Gasteiger partial charge >= 0.3 is 0 Å². The Kier molecular flexibility index (Phi) is 49.7. The summed E-state index contributed by atoms with van der Waals surface area (Å²) in [4.78, 5) is 12.4. The van der Waals surface area contributed by atoms with Gasteiger partial charge in [-0.15, -0.1) is 0 Å². The van der Waals surface area contributed by atoms with Crippen molar-refractivity contribution in [1.29, 1.82) is 0 Å². The van der Waals surface area contributed by atoms with E-state index in [1.165, 1.54) is 257 Å². The van der Waals surface area contributed by atoms with Gasteiger partial charge in [0, 0.05) is 6.42 Å². The molecule has 0 aliphatic heterocycles. The van der Waals surface area contributed by atoms with Crippen LogP contribution in [0.25, 0.3) is 0 Å². The maximum absolute atomic E-state index is 12.4. The van der Waals surface area contributed by atoms with Crippen LogP contribution in [-0.2, 0) is 4.79 Å². The third-order valence-electron chi connectivity index (χ3n) is 12.8. The van der Waals surface area contributed by atoms with Crippen molar-refractivity contribution >= 4 is 5.91 Å². The zero-order chi connectivity index (χ0) is 42.1. The van der Waals surface area contributed by atoms with Crippen LogP contribution in [0.3, 0.4) is 0 Å². The molecule has 0 aromatic carbocycles.